The van der Waals surface area contributed by atoms with Crippen molar-refractivity contribution >= 4 is 0 Å². The first-order chi connectivity index (χ1) is 9.24. The number of aliphatic hydroxyl groups excluding tert-OH is 1. The van der Waals surface area contributed by atoms with Gasteiger partial charge in [0.2, 0.25) is 0 Å². The summed E-state index contributed by atoms with van der Waals surface area (Å²) in [5, 5.41) is 8.81. The first kappa shape index (κ1) is 14.5. The van der Waals surface area contributed by atoms with Gasteiger partial charge in [0.05, 0.1) is 0 Å². The monoisotopic (exact) mass is 265 g/mol. The van der Waals surface area contributed by atoms with Crippen LogP contribution in [0, 0.1) is 5.82 Å². The van der Waals surface area contributed by atoms with E-state index in [4.69, 9.17) is 5.11 Å². The Morgan fingerprint density at radius 2 is 2.00 bits per heavy atom. The average molecular weight is 265 g/mol. The van der Waals surface area contributed by atoms with E-state index in [0.29, 0.717) is 6.04 Å². The molecule has 1 fully saturated rings. The summed E-state index contributed by atoms with van der Waals surface area (Å²) in [6.07, 6.45) is 5.46. The molecule has 0 heterocycles. The lowest BCUT2D eigenvalue weighted by molar-refractivity contribution is 0.189. The second-order valence-corrected chi connectivity index (χ2v) is 5.45. The third-order valence-corrected chi connectivity index (χ3v) is 3.94. The third-order valence-electron chi connectivity index (χ3n) is 3.94. The van der Waals surface area contributed by atoms with Gasteiger partial charge >= 0.3 is 0 Å². The molecule has 1 aliphatic rings. The molecule has 0 radical (unpaired) electrons. The summed E-state index contributed by atoms with van der Waals surface area (Å²) in [6, 6.07) is 7.86. The van der Waals surface area contributed by atoms with Gasteiger partial charge in [-0.1, -0.05) is 18.2 Å². The van der Waals surface area contributed by atoms with Crippen LogP contribution in [0.25, 0.3) is 0 Å². The van der Waals surface area contributed by atoms with E-state index in [0.717, 1.165) is 31.4 Å². The smallest absolute Gasteiger partial charge is 0.127 e. The Balaban J connectivity index is 1.96. The predicted molar refractivity (Wildman–Crippen MR) is 75.5 cm³/mol. The summed E-state index contributed by atoms with van der Waals surface area (Å²) in [5.41, 5.74) is 0.802. The minimum absolute atomic E-state index is 0.101. The molecule has 1 saturated carbocycles. The molecule has 1 aliphatic carbocycles. The van der Waals surface area contributed by atoms with Crippen LogP contribution in [0.15, 0.2) is 24.3 Å². The number of benzene rings is 1. The summed E-state index contributed by atoms with van der Waals surface area (Å²) in [7, 11) is 0. The minimum Gasteiger partial charge on any atom is -0.396 e. The third kappa shape index (κ3) is 4.02. The zero-order valence-electron chi connectivity index (χ0n) is 11.7. The fourth-order valence-electron chi connectivity index (χ4n) is 2.67. The number of halogens is 1. The molecule has 1 atom stereocenters. The van der Waals surface area contributed by atoms with Gasteiger partial charge in [-0.25, -0.2) is 4.39 Å². The fraction of sp³-hybridized carbons (Fsp3) is 0.625. The van der Waals surface area contributed by atoms with Crippen LogP contribution >= 0.6 is 0 Å². The average Bonchev–Trinajstić information content (AvgIpc) is 3.23. The van der Waals surface area contributed by atoms with Gasteiger partial charge in [0.25, 0.3) is 0 Å². The number of nitrogens with zero attached hydrogens (tertiary/aromatic N) is 1. The molecule has 3 heteroatoms. The maximum atomic E-state index is 13.9. The Hall–Kier alpha value is -0.930. The van der Waals surface area contributed by atoms with Gasteiger partial charge in [-0.3, -0.25) is 4.90 Å². The second kappa shape index (κ2) is 7.01. The highest BCUT2D eigenvalue weighted by atomic mass is 19.1. The normalized spacial score (nSPS) is 16.8. The first-order valence-corrected chi connectivity index (χ1v) is 7.35. The molecule has 0 amide bonds. The van der Waals surface area contributed by atoms with Gasteiger partial charge in [0.1, 0.15) is 5.82 Å². The Kier molecular flexibility index (Phi) is 5.34. The largest absolute Gasteiger partial charge is 0.396 e. The van der Waals surface area contributed by atoms with Crippen molar-refractivity contribution in [1.82, 2.24) is 4.90 Å². The first-order valence-electron chi connectivity index (χ1n) is 7.35. The van der Waals surface area contributed by atoms with E-state index in [9.17, 15) is 4.39 Å². The van der Waals surface area contributed by atoms with Gasteiger partial charge in [-0.2, -0.15) is 0 Å². The number of hydrogen-bond donors (Lipinski definition) is 1. The van der Waals surface area contributed by atoms with Crippen molar-refractivity contribution in [2.45, 2.75) is 51.1 Å². The number of aliphatic hydroxyl groups is 1. The van der Waals surface area contributed by atoms with Crippen LogP contribution in [0.4, 0.5) is 4.39 Å². The van der Waals surface area contributed by atoms with E-state index in [1.54, 1.807) is 12.1 Å². The topological polar surface area (TPSA) is 23.5 Å². The molecule has 0 aliphatic heterocycles. The lowest BCUT2D eigenvalue weighted by atomic mass is 10.1. The van der Waals surface area contributed by atoms with Crippen LogP contribution in [0.1, 0.15) is 50.6 Å². The predicted octanol–water partition coefficient (Wildman–Crippen LogP) is 3.51. The molecule has 106 valence electrons. The van der Waals surface area contributed by atoms with Crippen LogP contribution in [-0.4, -0.2) is 29.2 Å². The van der Waals surface area contributed by atoms with E-state index in [2.05, 4.69) is 11.8 Å². The van der Waals surface area contributed by atoms with E-state index >= 15 is 0 Å². The minimum atomic E-state index is -0.101. The molecule has 1 aromatic rings. The molecule has 1 N–H and O–H groups in total. The molecule has 0 saturated heterocycles. The highest BCUT2D eigenvalue weighted by Gasteiger charge is 2.32. The molecule has 19 heavy (non-hydrogen) atoms. The van der Waals surface area contributed by atoms with Crippen LogP contribution in [0.2, 0.25) is 0 Å². The zero-order valence-corrected chi connectivity index (χ0v) is 11.7. The molecular weight excluding hydrogens is 241 g/mol. The lowest BCUT2D eigenvalue weighted by Gasteiger charge is -2.29. The van der Waals surface area contributed by atoms with Gasteiger partial charge in [0, 0.05) is 24.3 Å². The van der Waals surface area contributed by atoms with Crippen LogP contribution < -0.4 is 0 Å². The maximum Gasteiger partial charge on any atom is 0.127 e. The molecule has 2 nitrogen and oxygen atoms in total. The van der Waals surface area contributed by atoms with Crippen LogP contribution in [-0.2, 0) is 0 Å². The van der Waals surface area contributed by atoms with E-state index in [1.165, 1.54) is 12.8 Å². The molecule has 1 aromatic carbocycles. The van der Waals surface area contributed by atoms with Crippen molar-refractivity contribution in [1.29, 1.82) is 0 Å². The summed E-state index contributed by atoms with van der Waals surface area (Å²) in [4.78, 5) is 2.43. The summed E-state index contributed by atoms with van der Waals surface area (Å²) in [5.74, 6) is -0.101. The van der Waals surface area contributed by atoms with Crippen LogP contribution in [0.5, 0.6) is 0 Å². The van der Waals surface area contributed by atoms with Gasteiger partial charge in [-0.05, 0) is 51.6 Å². The number of unbranched alkanes of at least 4 members (excludes halogenated alkanes) is 2. The van der Waals surface area contributed by atoms with Gasteiger partial charge in [-0.15, -0.1) is 0 Å². The molecular formula is C16H24FNO. The molecule has 0 spiro atoms. The number of hydrogen-bond acceptors (Lipinski definition) is 2. The Morgan fingerprint density at radius 3 is 2.63 bits per heavy atom. The zero-order chi connectivity index (χ0) is 13.7. The SMILES string of the molecule is CC(c1ccccc1F)N(CCCCCO)C1CC1. The van der Waals surface area contributed by atoms with Crippen molar-refractivity contribution in [3.05, 3.63) is 35.6 Å². The van der Waals surface area contributed by atoms with Crippen molar-refractivity contribution in [2.24, 2.45) is 0 Å². The summed E-state index contributed by atoms with van der Waals surface area (Å²) < 4.78 is 13.9. The van der Waals surface area contributed by atoms with E-state index < -0.39 is 0 Å². The standard InChI is InChI=1S/C16H24FNO/c1-13(15-7-3-4-8-16(15)17)18(14-9-10-14)11-5-2-6-12-19/h3-4,7-8,13-14,19H,2,5-6,9-12H2,1H3. The van der Waals surface area contributed by atoms with Gasteiger partial charge in [0.15, 0.2) is 0 Å². The molecule has 2 rings (SSSR count). The molecule has 1 unspecified atom stereocenters. The Labute approximate surface area is 115 Å². The molecule has 0 bridgehead atoms. The Bertz CT molecular complexity index is 392. The van der Waals surface area contributed by atoms with Crippen LogP contribution in [0.3, 0.4) is 0 Å². The summed E-state index contributed by atoms with van der Waals surface area (Å²) in [6.45, 7) is 3.37. The Morgan fingerprint density at radius 1 is 1.26 bits per heavy atom. The fourth-order valence-corrected chi connectivity index (χ4v) is 2.67. The summed E-state index contributed by atoms with van der Waals surface area (Å²) >= 11 is 0. The molecule has 0 aromatic heterocycles. The van der Waals surface area contributed by atoms with Gasteiger partial charge < -0.3 is 5.11 Å². The van der Waals surface area contributed by atoms with E-state index in [1.807, 2.05) is 12.1 Å². The van der Waals surface area contributed by atoms with Crippen molar-refractivity contribution in [3.63, 3.8) is 0 Å². The van der Waals surface area contributed by atoms with Crippen molar-refractivity contribution in [3.8, 4) is 0 Å². The number of rotatable bonds is 8. The van der Waals surface area contributed by atoms with E-state index in [-0.39, 0.29) is 18.5 Å². The highest BCUT2D eigenvalue weighted by molar-refractivity contribution is 5.21. The maximum absolute atomic E-state index is 13.9. The lowest BCUT2D eigenvalue weighted by Crippen LogP contribution is -2.30. The quantitative estimate of drug-likeness (QED) is 0.727. The second-order valence-electron chi connectivity index (χ2n) is 5.45. The van der Waals surface area contributed by atoms with Crippen molar-refractivity contribution < 1.29 is 9.50 Å². The highest BCUT2D eigenvalue weighted by Crippen LogP contribution is 2.35. The van der Waals surface area contributed by atoms with Crippen molar-refractivity contribution in [2.75, 3.05) is 13.2 Å².